The summed E-state index contributed by atoms with van der Waals surface area (Å²) in [5.41, 5.74) is 2.57. The lowest BCUT2D eigenvalue weighted by atomic mass is 10.0. The van der Waals surface area contributed by atoms with Gasteiger partial charge in [0.25, 0.3) is 11.5 Å². The van der Waals surface area contributed by atoms with Crippen LogP contribution >= 0.6 is 0 Å². The molecule has 1 aliphatic rings. The first-order valence-electron chi connectivity index (χ1n) is 8.82. The normalized spacial score (nSPS) is 18.7. The zero-order valence-electron chi connectivity index (χ0n) is 14.3. The number of piperidine rings is 1. The summed E-state index contributed by atoms with van der Waals surface area (Å²) < 4.78 is 1.84. The summed E-state index contributed by atoms with van der Waals surface area (Å²) in [6.45, 7) is 5.16. The molecule has 2 aromatic heterocycles. The largest absolute Gasteiger partial charge is 0.348 e. The molecule has 1 amide bonds. The maximum absolute atomic E-state index is 12.6. The van der Waals surface area contributed by atoms with Gasteiger partial charge < -0.3 is 19.6 Å². The van der Waals surface area contributed by atoms with E-state index in [1.165, 1.54) is 0 Å². The highest BCUT2D eigenvalue weighted by Crippen LogP contribution is 2.16. The molecule has 1 saturated heterocycles. The second-order valence-corrected chi connectivity index (χ2v) is 6.66. The molecule has 1 atom stereocenters. The number of amides is 1. The molecule has 6 nitrogen and oxygen atoms in total. The van der Waals surface area contributed by atoms with Crippen molar-refractivity contribution in [2.75, 3.05) is 19.6 Å². The highest BCUT2D eigenvalue weighted by Gasteiger charge is 2.21. The van der Waals surface area contributed by atoms with Crippen LogP contribution in [-0.2, 0) is 0 Å². The van der Waals surface area contributed by atoms with Gasteiger partial charge in [-0.15, -0.1) is 0 Å². The summed E-state index contributed by atoms with van der Waals surface area (Å²) in [6.07, 6.45) is 3.97. The van der Waals surface area contributed by atoms with Crippen LogP contribution in [0.1, 0.15) is 30.1 Å². The van der Waals surface area contributed by atoms with Crippen LogP contribution in [0.2, 0.25) is 0 Å². The van der Waals surface area contributed by atoms with Crippen molar-refractivity contribution in [1.82, 2.24) is 19.6 Å². The first-order chi connectivity index (χ1) is 12.2. The molecule has 1 fully saturated rings. The number of hydrogen-bond acceptors (Lipinski definition) is 3. The number of nitrogens with zero attached hydrogens (tertiary/aromatic N) is 2. The van der Waals surface area contributed by atoms with E-state index >= 15 is 0 Å². The van der Waals surface area contributed by atoms with Gasteiger partial charge in [-0.1, -0.05) is 6.92 Å². The Morgan fingerprint density at radius 1 is 1.32 bits per heavy atom. The quantitative estimate of drug-likeness (QED) is 0.767. The van der Waals surface area contributed by atoms with Gasteiger partial charge in [0.2, 0.25) is 0 Å². The van der Waals surface area contributed by atoms with Crippen molar-refractivity contribution in [3.63, 3.8) is 0 Å². The number of nitrogens with one attached hydrogen (secondary N) is 2. The van der Waals surface area contributed by atoms with Crippen LogP contribution in [0.5, 0.6) is 0 Å². The van der Waals surface area contributed by atoms with Crippen molar-refractivity contribution in [2.45, 2.75) is 25.8 Å². The molecule has 0 spiro atoms. The van der Waals surface area contributed by atoms with Crippen LogP contribution in [0.15, 0.2) is 41.3 Å². The molecule has 25 heavy (non-hydrogen) atoms. The van der Waals surface area contributed by atoms with Crippen LogP contribution < -0.4 is 10.9 Å². The Morgan fingerprint density at radius 2 is 2.20 bits per heavy atom. The zero-order chi connectivity index (χ0) is 17.4. The van der Waals surface area contributed by atoms with Gasteiger partial charge in [-0.05, 0) is 56.3 Å². The van der Waals surface area contributed by atoms with E-state index < -0.39 is 0 Å². The molecule has 3 aromatic rings. The highest BCUT2D eigenvalue weighted by atomic mass is 16.1. The molecule has 0 radical (unpaired) electrons. The molecule has 0 saturated carbocycles. The van der Waals surface area contributed by atoms with E-state index in [1.54, 1.807) is 12.1 Å². The third kappa shape index (κ3) is 2.93. The van der Waals surface area contributed by atoms with E-state index in [4.69, 9.17) is 0 Å². The fraction of sp³-hybridized carbons (Fsp3) is 0.368. The first-order valence-corrected chi connectivity index (χ1v) is 8.82. The molecule has 1 aliphatic heterocycles. The van der Waals surface area contributed by atoms with Crippen LogP contribution in [-0.4, -0.2) is 45.9 Å². The third-order valence-corrected chi connectivity index (χ3v) is 5.04. The number of hydrogen-bond donors (Lipinski definition) is 2. The minimum absolute atomic E-state index is 0.0849. The molecule has 3 heterocycles. The fourth-order valence-corrected chi connectivity index (χ4v) is 3.68. The third-order valence-electron chi connectivity index (χ3n) is 5.04. The number of carbonyl (C=O) groups is 1. The number of carbonyl (C=O) groups excluding carboxylic acids is 1. The number of aromatic nitrogens is 2. The Morgan fingerprint density at radius 3 is 3.04 bits per heavy atom. The first kappa shape index (κ1) is 15.9. The van der Waals surface area contributed by atoms with Gasteiger partial charge in [0, 0.05) is 24.3 Å². The average molecular weight is 338 g/mol. The molecule has 2 N–H and O–H groups in total. The van der Waals surface area contributed by atoms with E-state index in [9.17, 15) is 9.59 Å². The van der Waals surface area contributed by atoms with Gasteiger partial charge in [0.1, 0.15) is 5.52 Å². The molecule has 130 valence electrons. The fourth-order valence-electron chi connectivity index (χ4n) is 3.68. The van der Waals surface area contributed by atoms with Crippen LogP contribution in [0.4, 0.5) is 0 Å². The summed E-state index contributed by atoms with van der Waals surface area (Å²) in [7, 11) is 0. The summed E-state index contributed by atoms with van der Waals surface area (Å²) in [5.74, 6) is -0.0849. The molecule has 0 aliphatic carbocycles. The maximum Gasteiger partial charge on any atom is 0.272 e. The number of fused-ring (bicyclic) bond motifs is 3. The summed E-state index contributed by atoms with van der Waals surface area (Å²) in [6, 6.07) is 9.26. The van der Waals surface area contributed by atoms with E-state index in [0.29, 0.717) is 16.6 Å². The summed E-state index contributed by atoms with van der Waals surface area (Å²) >= 11 is 0. The molecule has 1 aromatic carbocycles. The summed E-state index contributed by atoms with van der Waals surface area (Å²) in [4.78, 5) is 30.0. The van der Waals surface area contributed by atoms with Crippen molar-refractivity contribution < 1.29 is 4.79 Å². The molecule has 6 heteroatoms. The lowest BCUT2D eigenvalue weighted by molar-refractivity contribution is 0.0906. The number of benzene rings is 1. The maximum atomic E-state index is 12.6. The monoisotopic (exact) mass is 338 g/mol. The smallest absolute Gasteiger partial charge is 0.272 e. The van der Waals surface area contributed by atoms with E-state index in [-0.39, 0.29) is 17.5 Å². The van der Waals surface area contributed by atoms with Gasteiger partial charge >= 0.3 is 0 Å². The number of aromatic amines is 1. The van der Waals surface area contributed by atoms with Crippen LogP contribution in [0.3, 0.4) is 0 Å². The van der Waals surface area contributed by atoms with Crippen molar-refractivity contribution in [1.29, 1.82) is 0 Å². The van der Waals surface area contributed by atoms with Crippen molar-refractivity contribution >= 4 is 22.5 Å². The van der Waals surface area contributed by atoms with Gasteiger partial charge in [0.15, 0.2) is 0 Å². The number of H-pyrrole nitrogens is 1. The average Bonchev–Trinajstić information content (AvgIpc) is 3.12. The van der Waals surface area contributed by atoms with Gasteiger partial charge in [-0.3, -0.25) is 9.59 Å². The zero-order valence-corrected chi connectivity index (χ0v) is 14.3. The minimum Gasteiger partial charge on any atom is -0.348 e. The number of likely N-dealkylation sites (N-methyl/N-ethyl adjacent to an activating group) is 1. The molecule has 4 rings (SSSR count). The number of likely N-dealkylation sites (tertiary alicyclic amines) is 1. The lowest BCUT2D eigenvalue weighted by Gasteiger charge is -2.32. The Bertz CT molecular complexity index is 988. The summed E-state index contributed by atoms with van der Waals surface area (Å²) in [5, 5.41) is 3.13. The van der Waals surface area contributed by atoms with E-state index in [1.807, 2.05) is 28.8 Å². The second-order valence-electron chi connectivity index (χ2n) is 6.66. The molecular formula is C19H22N4O2. The predicted octanol–water partition coefficient (Wildman–Crippen LogP) is 1.99. The van der Waals surface area contributed by atoms with Crippen molar-refractivity contribution in [2.24, 2.45) is 0 Å². The van der Waals surface area contributed by atoms with Crippen LogP contribution in [0.25, 0.3) is 16.6 Å². The Labute approximate surface area is 145 Å². The van der Waals surface area contributed by atoms with Gasteiger partial charge in [-0.25, -0.2) is 0 Å². The van der Waals surface area contributed by atoms with Crippen molar-refractivity contribution in [3.05, 3.63) is 52.4 Å². The topological polar surface area (TPSA) is 69.6 Å². The minimum atomic E-state index is -0.152. The Hall–Kier alpha value is -2.60. The number of rotatable bonds is 3. The SMILES string of the molecule is CCN1CCCC(NC(=O)c2ccc3c(c2)[nH]c(=O)c2cccn23)C1. The standard InChI is InChI=1S/C19H22N4O2/c1-2-22-9-3-5-14(12-22)20-18(24)13-7-8-16-15(11-13)21-19(25)17-6-4-10-23(16)17/h4,6-8,10-11,14H,2-3,5,9,12H2,1H3,(H,20,24)(H,21,25). The highest BCUT2D eigenvalue weighted by molar-refractivity contribution is 5.97. The predicted molar refractivity (Wildman–Crippen MR) is 98.1 cm³/mol. The van der Waals surface area contributed by atoms with Crippen molar-refractivity contribution in [3.8, 4) is 0 Å². The second kappa shape index (κ2) is 6.37. The molecule has 0 bridgehead atoms. The molecule has 1 unspecified atom stereocenters. The Balaban J connectivity index is 1.61. The van der Waals surface area contributed by atoms with Gasteiger partial charge in [-0.2, -0.15) is 0 Å². The molecular weight excluding hydrogens is 316 g/mol. The Kier molecular flexibility index (Phi) is 4.05. The lowest BCUT2D eigenvalue weighted by Crippen LogP contribution is -2.47. The van der Waals surface area contributed by atoms with E-state index in [0.717, 1.165) is 38.0 Å². The van der Waals surface area contributed by atoms with Crippen LogP contribution in [0, 0.1) is 0 Å². The van der Waals surface area contributed by atoms with Gasteiger partial charge in [0.05, 0.1) is 11.0 Å². The van der Waals surface area contributed by atoms with E-state index in [2.05, 4.69) is 22.1 Å².